The third kappa shape index (κ3) is 2.21. The molecule has 3 aliphatic heterocycles. The molecule has 136 valence electrons. The van der Waals surface area contributed by atoms with Gasteiger partial charge in [0.2, 0.25) is 0 Å². The SMILES string of the molecule is C=Cc1c2c(cc(F)c1N1CC3CC1CN3)C(C(=O)O)C=CN2C1CC1. The van der Waals surface area contributed by atoms with Crippen LogP contribution in [0.4, 0.5) is 15.8 Å². The Morgan fingerprint density at radius 3 is 2.73 bits per heavy atom. The number of fused-ring (bicyclic) bond motifs is 3. The first-order valence-electron chi connectivity index (χ1n) is 9.26. The summed E-state index contributed by atoms with van der Waals surface area (Å²) in [5.41, 5.74) is 2.67. The molecule has 4 aliphatic rings. The Labute approximate surface area is 151 Å². The molecule has 0 radical (unpaired) electrons. The third-order valence-corrected chi connectivity index (χ3v) is 6.08. The van der Waals surface area contributed by atoms with Crippen LogP contribution in [0.3, 0.4) is 0 Å². The molecule has 0 amide bonds. The summed E-state index contributed by atoms with van der Waals surface area (Å²) in [4.78, 5) is 16.0. The minimum atomic E-state index is -0.954. The lowest BCUT2D eigenvalue weighted by Crippen LogP contribution is -2.44. The Hall–Kier alpha value is -2.34. The summed E-state index contributed by atoms with van der Waals surface area (Å²) < 4.78 is 15.2. The maximum Gasteiger partial charge on any atom is 0.315 e. The second kappa shape index (κ2) is 5.58. The van der Waals surface area contributed by atoms with Crippen LogP contribution >= 0.6 is 0 Å². The van der Waals surface area contributed by atoms with E-state index < -0.39 is 11.9 Å². The Morgan fingerprint density at radius 1 is 1.35 bits per heavy atom. The smallest absolute Gasteiger partial charge is 0.315 e. The summed E-state index contributed by atoms with van der Waals surface area (Å²) in [6.45, 7) is 5.59. The maximum atomic E-state index is 15.2. The molecule has 6 heteroatoms. The first-order valence-corrected chi connectivity index (χ1v) is 9.26. The normalized spacial score (nSPS) is 29.2. The number of carboxylic acid groups (broad SMARTS) is 1. The lowest BCUT2D eigenvalue weighted by molar-refractivity contribution is -0.137. The van der Waals surface area contributed by atoms with Crippen molar-refractivity contribution in [1.29, 1.82) is 0 Å². The number of carbonyl (C=O) groups is 1. The van der Waals surface area contributed by atoms with Gasteiger partial charge in [-0.1, -0.05) is 12.7 Å². The Kier molecular flexibility index (Phi) is 3.41. The number of halogens is 1. The summed E-state index contributed by atoms with van der Waals surface area (Å²) >= 11 is 0. The van der Waals surface area contributed by atoms with E-state index in [1.165, 1.54) is 6.07 Å². The van der Waals surface area contributed by atoms with Crippen LogP contribution in [-0.2, 0) is 4.79 Å². The predicted octanol–water partition coefficient (Wildman–Crippen LogP) is 2.68. The fraction of sp³-hybridized carbons (Fsp3) is 0.450. The number of aliphatic carboxylic acids is 1. The van der Waals surface area contributed by atoms with Crippen molar-refractivity contribution in [2.24, 2.45) is 0 Å². The number of benzene rings is 1. The number of nitrogens with zero attached hydrogens (tertiary/aromatic N) is 2. The molecule has 5 nitrogen and oxygen atoms in total. The molecule has 3 unspecified atom stereocenters. The van der Waals surface area contributed by atoms with Gasteiger partial charge in [0, 0.05) is 43.0 Å². The van der Waals surface area contributed by atoms with Crippen LogP contribution < -0.4 is 15.1 Å². The van der Waals surface area contributed by atoms with Crippen LogP contribution in [0.15, 0.2) is 24.9 Å². The Balaban J connectivity index is 1.70. The van der Waals surface area contributed by atoms with Gasteiger partial charge in [-0.15, -0.1) is 0 Å². The van der Waals surface area contributed by atoms with E-state index in [1.807, 2.05) is 6.20 Å². The standard InChI is InChI=1S/C20H22FN3O2/c1-2-14-18-16(15(20(25)26)5-6-23(18)12-3-4-12)8-17(21)19(14)24-10-11-7-13(24)9-22-11/h2,5-6,8,11-13,15,22H,1,3-4,7,9-10H2,(H,25,26). The number of hydrogen-bond acceptors (Lipinski definition) is 4. The summed E-state index contributed by atoms with van der Waals surface area (Å²) in [5, 5.41) is 13.1. The molecule has 1 aromatic carbocycles. The molecule has 3 fully saturated rings. The van der Waals surface area contributed by atoms with Gasteiger partial charge in [0.1, 0.15) is 11.7 Å². The molecular formula is C20H22FN3O2. The van der Waals surface area contributed by atoms with Crippen LogP contribution in [0.2, 0.25) is 0 Å². The lowest BCUT2D eigenvalue weighted by atomic mass is 9.89. The van der Waals surface area contributed by atoms with Crippen LogP contribution in [0.25, 0.3) is 6.08 Å². The van der Waals surface area contributed by atoms with E-state index in [-0.39, 0.29) is 11.9 Å². The molecule has 1 saturated carbocycles. The fourth-order valence-corrected chi connectivity index (χ4v) is 4.74. The predicted molar refractivity (Wildman–Crippen MR) is 99.1 cm³/mol. The number of hydrogen-bond donors (Lipinski definition) is 2. The molecule has 2 bridgehead atoms. The highest BCUT2D eigenvalue weighted by Crippen LogP contribution is 2.48. The molecule has 0 spiro atoms. The van der Waals surface area contributed by atoms with Gasteiger partial charge in [0.05, 0.1) is 11.4 Å². The van der Waals surface area contributed by atoms with Gasteiger partial charge < -0.3 is 20.2 Å². The van der Waals surface area contributed by atoms with Crippen molar-refractivity contribution in [3.63, 3.8) is 0 Å². The van der Waals surface area contributed by atoms with E-state index in [0.717, 1.165) is 43.6 Å². The zero-order valence-electron chi connectivity index (χ0n) is 14.5. The summed E-state index contributed by atoms with van der Waals surface area (Å²) in [7, 11) is 0. The van der Waals surface area contributed by atoms with Gasteiger partial charge in [-0.25, -0.2) is 4.39 Å². The minimum Gasteiger partial charge on any atom is -0.481 e. The van der Waals surface area contributed by atoms with E-state index >= 15 is 4.39 Å². The maximum absolute atomic E-state index is 15.2. The number of nitrogens with one attached hydrogen (secondary N) is 1. The molecule has 26 heavy (non-hydrogen) atoms. The third-order valence-electron chi connectivity index (χ3n) is 6.08. The first-order chi connectivity index (χ1) is 12.6. The van der Waals surface area contributed by atoms with Crippen molar-refractivity contribution in [2.75, 3.05) is 22.9 Å². The highest BCUT2D eigenvalue weighted by Gasteiger charge is 2.42. The molecule has 1 aromatic rings. The van der Waals surface area contributed by atoms with Crippen LogP contribution in [0, 0.1) is 5.82 Å². The van der Waals surface area contributed by atoms with Crippen LogP contribution in [-0.4, -0.2) is 42.3 Å². The Bertz CT molecular complexity index is 833. The summed E-state index contributed by atoms with van der Waals surface area (Å²) in [6.07, 6.45) is 8.40. The Morgan fingerprint density at radius 2 is 2.15 bits per heavy atom. The molecule has 0 aromatic heterocycles. The quantitative estimate of drug-likeness (QED) is 0.870. The molecule has 3 heterocycles. The summed E-state index contributed by atoms with van der Waals surface area (Å²) in [6, 6.07) is 2.50. The lowest BCUT2D eigenvalue weighted by Gasteiger charge is -2.36. The average Bonchev–Trinajstić information content (AvgIpc) is 3.25. The second-order valence-electron chi connectivity index (χ2n) is 7.71. The molecule has 1 aliphatic carbocycles. The minimum absolute atomic E-state index is 0.287. The zero-order chi connectivity index (χ0) is 18.0. The van der Waals surface area contributed by atoms with E-state index in [9.17, 15) is 9.90 Å². The molecule has 2 saturated heterocycles. The average molecular weight is 355 g/mol. The molecule has 3 atom stereocenters. The van der Waals surface area contributed by atoms with Crippen molar-refractivity contribution >= 4 is 23.4 Å². The van der Waals surface area contributed by atoms with E-state index in [0.29, 0.717) is 23.3 Å². The van der Waals surface area contributed by atoms with Crippen molar-refractivity contribution < 1.29 is 14.3 Å². The van der Waals surface area contributed by atoms with E-state index in [1.54, 1.807) is 12.2 Å². The fourth-order valence-electron chi connectivity index (χ4n) is 4.74. The highest BCUT2D eigenvalue weighted by atomic mass is 19.1. The number of anilines is 2. The van der Waals surface area contributed by atoms with E-state index in [4.69, 9.17) is 0 Å². The summed E-state index contributed by atoms with van der Waals surface area (Å²) in [5.74, 6) is -2.12. The zero-order valence-corrected chi connectivity index (χ0v) is 14.5. The van der Waals surface area contributed by atoms with Gasteiger partial charge in [-0.2, -0.15) is 0 Å². The van der Waals surface area contributed by atoms with Crippen molar-refractivity contribution in [3.8, 4) is 0 Å². The monoisotopic (exact) mass is 355 g/mol. The van der Waals surface area contributed by atoms with Gasteiger partial charge >= 0.3 is 5.97 Å². The van der Waals surface area contributed by atoms with Crippen molar-refractivity contribution in [3.05, 3.63) is 41.9 Å². The molecule has 5 rings (SSSR count). The molecular weight excluding hydrogens is 333 g/mol. The van der Waals surface area contributed by atoms with Crippen LogP contribution in [0.5, 0.6) is 0 Å². The van der Waals surface area contributed by atoms with Crippen molar-refractivity contribution in [2.45, 2.75) is 43.3 Å². The number of piperazine rings is 1. The van der Waals surface area contributed by atoms with Crippen molar-refractivity contribution in [1.82, 2.24) is 5.32 Å². The number of rotatable bonds is 4. The highest BCUT2D eigenvalue weighted by molar-refractivity contribution is 5.90. The van der Waals surface area contributed by atoms with Gasteiger partial charge in [0.15, 0.2) is 0 Å². The van der Waals surface area contributed by atoms with Gasteiger partial charge in [-0.05, 0) is 37.0 Å². The van der Waals surface area contributed by atoms with Gasteiger partial charge in [0.25, 0.3) is 0 Å². The van der Waals surface area contributed by atoms with Gasteiger partial charge in [-0.3, -0.25) is 4.79 Å². The second-order valence-corrected chi connectivity index (χ2v) is 7.71. The number of carboxylic acids is 1. The first kappa shape index (κ1) is 15.9. The largest absolute Gasteiger partial charge is 0.481 e. The topological polar surface area (TPSA) is 55.8 Å². The van der Waals surface area contributed by atoms with Crippen LogP contribution in [0.1, 0.15) is 36.3 Å². The molecule has 2 N–H and O–H groups in total. The van der Waals surface area contributed by atoms with E-state index in [2.05, 4.69) is 21.7 Å².